The number of aromatic amines is 1. The summed E-state index contributed by atoms with van der Waals surface area (Å²) in [6, 6.07) is 7.27. The summed E-state index contributed by atoms with van der Waals surface area (Å²) in [5.74, 6) is 0. The molecule has 2 rings (SSSR count). The first-order valence-corrected chi connectivity index (χ1v) is 11.3. The van der Waals surface area contributed by atoms with E-state index in [1.54, 1.807) is 0 Å². The molecule has 0 amide bonds. The first kappa shape index (κ1) is 24.5. The molecule has 0 fully saturated rings. The van der Waals surface area contributed by atoms with Crippen molar-refractivity contribution in [2.45, 2.75) is 106 Å². The highest BCUT2D eigenvalue weighted by Crippen LogP contribution is 2.51. The van der Waals surface area contributed by atoms with E-state index >= 15 is 0 Å². The Labute approximate surface area is 186 Å². The van der Waals surface area contributed by atoms with Gasteiger partial charge in [0.25, 0.3) is 0 Å². The lowest BCUT2D eigenvalue weighted by molar-refractivity contribution is 0.280. The minimum atomic E-state index is -0.132. The van der Waals surface area contributed by atoms with Crippen molar-refractivity contribution in [3.05, 3.63) is 64.0 Å². The van der Waals surface area contributed by atoms with Crippen molar-refractivity contribution in [1.29, 1.82) is 0 Å². The average Bonchev–Trinajstić information content (AvgIpc) is 2.86. The van der Waals surface area contributed by atoms with Crippen LogP contribution >= 0.6 is 0 Å². The molecule has 2 aromatic rings. The van der Waals surface area contributed by atoms with Crippen LogP contribution in [0.1, 0.15) is 108 Å². The zero-order chi connectivity index (χ0) is 23.4. The van der Waals surface area contributed by atoms with Crippen LogP contribution < -0.4 is 0 Å². The van der Waals surface area contributed by atoms with Crippen LogP contribution in [0.5, 0.6) is 0 Å². The molecule has 0 aliphatic heterocycles. The molecule has 1 N–H and O–H groups in total. The van der Waals surface area contributed by atoms with Crippen molar-refractivity contribution < 1.29 is 0 Å². The van der Waals surface area contributed by atoms with Crippen molar-refractivity contribution in [2.24, 2.45) is 5.41 Å². The number of aromatic nitrogens is 1. The maximum Gasteiger partial charge on any atom is 0.0447 e. The number of hydrogen-bond donors (Lipinski definition) is 1. The molecular formula is C29H45N. The molecule has 1 aromatic carbocycles. The molecule has 1 heteroatoms. The van der Waals surface area contributed by atoms with E-state index < -0.39 is 0 Å². The Hall–Kier alpha value is -1.76. The predicted octanol–water partition coefficient (Wildman–Crippen LogP) is 8.55. The predicted molar refractivity (Wildman–Crippen MR) is 135 cm³/mol. The number of aryl methyl sites for hydroxylation is 1. The monoisotopic (exact) mass is 407 g/mol. The second kappa shape index (κ2) is 7.43. The highest BCUT2D eigenvalue weighted by molar-refractivity contribution is 5.71. The fourth-order valence-electron chi connectivity index (χ4n) is 4.05. The van der Waals surface area contributed by atoms with Crippen LogP contribution in [-0.2, 0) is 16.2 Å². The second-order valence-electron chi connectivity index (χ2n) is 12.4. The van der Waals surface area contributed by atoms with E-state index in [2.05, 4.69) is 120 Å². The summed E-state index contributed by atoms with van der Waals surface area (Å²) in [5.41, 5.74) is 10.5. The standard InChI is InChI=1S/C29H45N/c1-18-19(2)25(30-21(18)4)20(3)28(11,12)29(13,14)24-16-22(26(5,6)7)15-23(17-24)27(8,9)10/h15-17,30H,3H2,1-2,4-14H3. The molecule has 0 spiro atoms. The molecule has 0 aliphatic rings. The zero-order valence-electron chi connectivity index (χ0n) is 21.9. The molecule has 1 heterocycles. The number of benzene rings is 1. The van der Waals surface area contributed by atoms with Gasteiger partial charge < -0.3 is 4.98 Å². The number of rotatable bonds is 4. The van der Waals surface area contributed by atoms with Crippen LogP contribution in [0, 0.1) is 26.2 Å². The smallest absolute Gasteiger partial charge is 0.0447 e. The molecule has 166 valence electrons. The Kier molecular flexibility index (Phi) is 6.07. The quantitative estimate of drug-likeness (QED) is 0.522. The highest BCUT2D eigenvalue weighted by Gasteiger charge is 2.42. The fourth-order valence-corrected chi connectivity index (χ4v) is 4.05. The van der Waals surface area contributed by atoms with Crippen LogP contribution in [-0.4, -0.2) is 4.98 Å². The van der Waals surface area contributed by atoms with Gasteiger partial charge in [-0.15, -0.1) is 0 Å². The van der Waals surface area contributed by atoms with Crippen molar-refractivity contribution in [2.75, 3.05) is 0 Å². The molecule has 0 saturated carbocycles. The average molecular weight is 408 g/mol. The summed E-state index contributed by atoms with van der Waals surface area (Å²) in [6.45, 7) is 34.5. The van der Waals surface area contributed by atoms with Crippen molar-refractivity contribution in [1.82, 2.24) is 4.98 Å². The van der Waals surface area contributed by atoms with E-state index in [1.165, 1.54) is 44.8 Å². The Morgan fingerprint density at radius 1 is 0.667 bits per heavy atom. The fraction of sp³-hybridized carbons (Fsp3) is 0.586. The largest absolute Gasteiger partial charge is 0.358 e. The van der Waals surface area contributed by atoms with E-state index in [9.17, 15) is 0 Å². The van der Waals surface area contributed by atoms with Crippen molar-refractivity contribution >= 4 is 5.57 Å². The van der Waals surface area contributed by atoms with Crippen LogP contribution in [0.3, 0.4) is 0 Å². The van der Waals surface area contributed by atoms with E-state index in [4.69, 9.17) is 0 Å². The Morgan fingerprint density at radius 2 is 1.07 bits per heavy atom. The molecule has 0 bridgehead atoms. The molecule has 1 nitrogen and oxygen atoms in total. The lowest BCUT2D eigenvalue weighted by Crippen LogP contribution is -2.38. The number of H-pyrrole nitrogens is 1. The molecule has 0 saturated heterocycles. The van der Waals surface area contributed by atoms with Crippen molar-refractivity contribution in [3.8, 4) is 0 Å². The summed E-state index contributed by atoms with van der Waals surface area (Å²) in [4.78, 5) is 3.61. The normalized spacial score (nSPS) is 13.6. The van der Waals surface area contributed by atoms with Gasteiger partial charge in [0.15, 0.2) is 0 Å². The van der Waals surface area contributed by atoms with Gasteiger partial charge in [0.2, 0.25) is 0 Å². The van der Waals surface area contributed by atoms with Crippen LogP contribution in [0.25, 0.3) is 5.57 Å². The number of hydrogen-bond acceptors (Lipinski definition) is 0. The third kappa shape index (κ3) is 4.18. The van der Waals surface area contributed by atoms with Gasteiger partial charge in [-0.25, -0.2) is 0 Å². The van der Waals surface area contributed by atoms with Crippen LogP contribution in [0.4, 0.5) is 0 Å². The minimum absolute atomic E-state index is 0.0926. The Bertz CT molecular complexity index is 917. The van der Waals surface area contributed by atoms with Crippen LogP contribution in [0.15, 0.2) is 24.8 Å². The topological polar surface area (TPSA) is 15.8 Å². The van der Waals surface area contributed by atoms with Gasteiger partial charge in [-0.05, 0) is 70.4 Å². The van der Waals surface area contributed by atoms with Gasteiger partial charge >= 0.3 is 0 Å². The molecule has 0 aliphatic carbocycles. The molecule has 0 atom stereocenters. The molecule has 0 unspecified atom stereocenters. The lowest BCUT2D eigenvalue weighted by atomic mass is 9.59. The molecule has 30 heavy (non-hydrogen) atoms. The number of allylic oxidation sites excluding steroid dienone is 1. The van der Waals surface area contributed by atoms with Crippen LogP contribution in [0.2, 0.25) is 0 Å². The van der Waals surface area contributed by atoms with Gasteiger partial charge in [-0.3, -0.25) is 0 Å². The minimum Gasteiger partial charge on any atom is -0.358 e. The third-order valence-corrected chi connectivity index (χ3v) is 7.82. The summed E-state index contributed by atoms with van der Waals surface area (Å²) in [7, 11) is 0. The first-order valence-electron chi connectivity index (χ1n) is 11.3. The molecule has 0 radical (unpaired) electrons. The van der Waals surface area contributed by atoms with E-state index in [1.807, 2.05) is 0 Å². The van der Waals surface area contributed by atoms with Gasteiger partial charge in [0.1, 0.15) is 0 Å². The molecule has 1 aromatic heterocycles. The summed E-state index contributed by atoms with van der Waals surface area (Å²) in [6.07, 6.45) is 0. The van der Waals surface area contributed by atoms with E-state index in [-0.39, 0.29) is 21.7 Å². The molecular weight excluding hydrogens is 362 g/mol. The SMILES string of the molecule is C=C(c1[nH]c(C)c(C)c1C)C(C)(C)C(C)(C)c1cc(C(C)(C)C)cc(C(C)(C)C)c1. The van der Waals surface area contributed by atoms with Gasteiger partial charge in [0, 0.05) is 16.8 Å². The summed E-state index contributed by atoms with van der Waals surface area (Å²) < 4.78 is 0. The van der Waals surface area contributed by atoms with Gasteiger partial charge in [-0.1, -0.05) is 94.0 Å². The Morgan fingerprint density at radius 3 is 1.40 bits per heavy atom. The zero-order valence-corrected chi connectivity index (χ0v) is 21.9. The second-order valence-corrected chi connectivity index (χ2v) is 12.4. The maximum atomic E-state index is 4.61. The first-order chi connectivity index (χ1) is 13.3. The number of nitrogens with one attached hydrogen (secondary N) is 1. The van der Waals surface area contributed by atoms with E-state index in [0.29, 0.717) is 0 Å². The highest BCUT2D eigenvalue weighted by atomic mass is 14.7. The van der Waals surface area contributed by atoms with Gasteiger partial charge in [0.05, 0.1) is 0 Å². The van der Waals surface area contributed by atoms with E-state index in [0.717, 1.165) is 0 Å². The van der Waals surface area contributed by atoms with Crippen molar-refractivity contribution in [3.63, 3.8) is 0 Å². The van der Waals surface area contributed by atoms with Gasteiger partial charge in [-0.2, -0.15) is 0 Å². The summed E-state index contributed by atoms with van der Waals surface area (Å²) in [5, 5.41) is 0. The Balaban J connectivity index is 2.68. The summed E-state index contributed by atoms with van der Waals surface area (Å²) >= 11 is 0. The maximum absolute atomic E-state index is 4.61. The third-order valence-electron chi connectivity index (χ3n) is 7.82. The lowest BCUT2D eigenvalue weighted by Gasteiger charge is -2.45.